The van der Waals surface area contributed by atoms with Crippen LogP contribution in [0.1, 0.15) is 51.0 Å². The minimum absolute atomic E-state index is 0.0155. The molecule has 2 aliphatic heterocycles. The number of benzene rings is 1. The van der Waals surface area contributed by atoms with Gasteiger partial charge in [-0.1, -0.05) is 19.1 Å². The maximum atomic E-state index is 13.1. The lowest BCUT2D eigenvalue weighted by Crippen LogP contribution is -2.53. The molecule has 2 heterocycles. The first kappa shape index (κ1) is 49.4. The van der Waals surface area contributed by atoms with Crippen LogP contribution in [0.4, 0.5) is 5.69 Å². The summed E-state index contributed by atoms with van der Waals surface area (Å²) in [5.41, 5.74) is 1.32. The standard InChI is InChI=1S/C39H57N7O13S/c1-3-16-56-18-20-58-21-19-57-17-13-41-38(54)29(44-32(48)12-22-60-30-23-37(53)46(39(30)55)14-10-31(47)40-2)24-42-33(49)25-59-26-34(50)43-28-7-4-27(5-8-28)6-9-35(51)45-15-11-36(45)52/h4-5,7-8,29-30H,3,6,9-26H2,1-2H3,(H,40,47)(H,41,54)(H,42,49)(H,43,50)(H,44,48)/t29-,30?/m0/s1. The summed E-state index contributed by atoms with van der Waals surface area (Å²) in [6, 6.07) is 5.61. The van der Waals surface area contributed by atoms with E-state index in [2.05, 4.69) is 26.6 Å². The summed E-state index contributed by atoms with van der Waals surface area (Å²) in [6.07, 6.45) is 1.78. The molecule has 1 aromatic rings. The monoisotopic (exact) mass is 863 g/mol. The normalized spacial score (nSPS) is 15.3. The van der Waals surface area contributed by atoms with Crippen molar-refractivity contribution < 1.29 is 62.1 Å². The van der Waals surface area contributed by atoms with E-state index in [0.29, 0.717) is 51.5 Å². The molecule has 0 spiro atoms. The molecule has 3 rings (SSSR count). The summed E-state index contributed by atoms with van der Waals surface area (Å²) < 4.78 is 21.5. The largest absolute Gasteiger partial charge is 0.379 e. The lowest BCUT2D eigenvalue weighted by molar-refractivity contribution is -0.152. The predicted molar refractivity (Wildman–Crippen MR) is 217 cm³/mol. The third-order valence-corrected chi connectivity index (χ3v) is 10.2. The van der Waals surface area contributed by atoms with Crippen molar-refractivity contribution in [2.75, 3.05) is 97.2 Å². The fourth-order valence-electron chi connectivity index (χ4n) is 5.60. The average molecular weight is 864 g/mol. The Bertz CT molecular complexity index is 1630. The van der Waals surface area contributed by atoms with E-state index in [1.54, 1.807) is 24.3 Å². The van der Waals surface area contributed by atoms with Crippen LogP contribution in [0.3, 0.4) is 0 Å². The second kappa shape index (κ2) is 27.7. The number of β-lactam (4-membered cyclic amide) rings is 1. The smallest absolute Gasteiger partial charge is 0.250 e. The minimum atomic E-state index is -1.20. The van der Waals surface area contributed by atoms with Gasteiger partial charge in [-0.25, -0.2) is 0 Å². The fourth-order valence-corrected chi connectivity index (χ4v) is 6.72. The van der Waals surface area contributed by atoms with Gasteiger partial charge in [0.25, 0.3) is 0 Å². The van der Waals surface area contributed by atoms with E-state index in [9.17, 15) is 43.2 Å². The molecule has 0 saturated carbocycles. The van der Waals surface area contributed by atoms with Gasteiger partial charge in [-0.3, -0.25) is 53.0 Å². The summed E-state index contributed by atoms with van der Waals surface area (Å²) in [7, 11) is 1.46. The Morgan fingerprint density at radius 1 is 0.783 bits per heavy atom. The topological polar surface area (TPSA) is 257 Å². The number of anilines is 1. The Hall–Kier alpha value is -4.96. The van der Waals surface area contributed by atoms with Crippen LogP contribution in [0.2, 0.25) is 0 Å². The molecule has 0 bridgehead atoms. The highest BCUT2D eigenvalue weighted by Crippen LogP contribution is 2.26. The van der Waals surface area contributed by atoms with Gasteiger partial charge in [0.05, 0.1) is 38.3 Å². The summed E-state index contributed by atoms with van der Waals surface area (Å²) in [5, 5.41) is 12.2. The van der Waals surface area contributed by atoms with Crippen LogP contribution in [0.15, 0.2) is 24.3 Å². The Kier molecular flexibility index (Phi) is 22.8. The number of thioether (sulfide) groups is 1. The Balaban J connectivity index is 1.40. The van der Waals surface area contributed by atoms with Gasteiger partial charge in [-0.2, -0.15) is 0 Å². The summed E-state index contributed by atoms with van der Waals surface area (Å²) in [5.74, 6) is -3.68. The van der Waals surface area contributed by atoms with Gasteiger partial charge in [0.2, 0.25) is 53.2 Å². The van der Waals surface area contributed by atoms with Crippen LogP contribution in [0, 0.1) is 0 Å². The third kappa shape index (κ3) is 18.5. The quantitative estimate of drug-likeness (QED) is 0.0350. The van der Waals surface area contributed by atoms with Crippen molar-refractivity contribution in [1.82, 2.24) is 31.1 Å². The van der Waals surface area contributed by atoms with E-state index in [0.717, 1.165) is 28.6 Å². The van der Waals surface area contributed by atoms with Gasteiger partial charge in [0.15, 0.2) is 0 Å². The molecule has 21 heteroatoms. The highest BCUT2D eigenvalue weighted by Gasteiger charge is 2.38. The molecular formula is C39H57N7O13S. The van der Waals surface area contributed by atoms with Crippen molar-refractivity contribution >= 4 is 70.6 Å². The third-order valence-electron chi connectivity index (χ3n) is 8.97. The van der Waals surface area contributed by atoms with Crippen LogP contribution in [-0.2, 0) is 68.5 Å². The average Bonchev–Trinajstić information content (AvgIpc) is 3.49. The molecule has 9 amide bonds. The molecule has 2 fully saturated rings. The summed E-state index contributed by atoms with van der Waals surface area (Å²) >= 11 is 1.12. The van der Waals surface area contributed by atoms with Crippen LogP contribution >= 0.6 is 11.8 Å². The van der Waals surface area contributed by atoms with Gasteiger partial charge in [0.1, 0.15) is 19.3 Å². The van der Waals surface area contributed by atoms with E-state index in [-0.39, 0.29) is 82.0 Å². The number of carbonyl (C=O) groups is 9. The van der Waals surface area contributed by atoms with E-state index in [1.165, 1.54) is 11.9 Å². The molecule has 2 atom stereocenters. The Morgan fingerprint density at radius 3 is 2.12 bits per heavy atom. The molecule has 332 valence electrons. The molecule has 2 saturated heterocycles. The first-order valence-electron chi connectivity index (χ1n) is 19.9. The SMILES string of the molecule is CCCOCCOCCOCCNC(=O)[C@H](CNC(=O)COCC(=O)Nc1ccc(CCC(=O)N2CCC2=O)cc1)NC(=O)CCSC1CC(=O)N(CCC(=O)NC)C1=O. The number of nitrogens with zero attached hydrogens (tertiary/aromatic N) is 2. The molecule has 0 aromatic heterocycles. The molecule has 20 nitrogen and oxygen atoms in total. The molecule has 0 aliphatic carbocycles. The van der Waals surface area contributed by atoms with Crippen molar-refractivity contribution in [2.45, 2.75) is 63.2 Å². The molecule has 60 heavy (non-hydrogen) atoms. The maximum Gasteiger partial charge on any atom is 0.250 e. The number of amides is 9. The highest BCUT2D eigenvalue weighted by molar-refractivity contribution is 8.00. The number of ether oxygens (including phenoxy) is 4. The number of hydrogen-bond donors (Lipinski definition) is 5. The summed E-state index contributed by atoms with van der Waals surface area (Å²) in [6.45, 7) is 3.62. The minimum Gasteiger partial charge on any atom is -0.379 e. The number of carbonyl (C=O) groups excluding carboxylic acids is 9. The molecule has 0 radical (unpaired) electrons. The van der Waals surface area contributed by atoms with E-state index in [1.807, 2.05) is 6.92 Å². The van der Waals surface area contributed by atoms with Crippen LogP contribution < -0.4 is 26.6 Å². The zero-order valence-electron chi connectivity index (χ0n) is 34.2. The first-order valence-corrected chi connectivity index (χ1v) is 21.0. The van der Waals surface area contributed by atoms with Crippen molar-refractivity contribution in [1.29, 1.82) is 0 Å². The van der Waals surface area contributed by atoms with E-state index in [4.69, 9.17) is 18.9 Å². The predicted octanol–water partition coefficient (Wildman–Crippen LogP) is -1.10. The Labute approximate surface area is 353 Å². The van der Waals surface area contributed by atoms with Gasteiger partial charge in [0, 0.05) is 83.4 Å². The molecule has 2 aliphatic rings. The number of hydrogen-bond acceptors (Lipinski definition) is 14. The maximum absolute atomic E-state index is 13.1. The fraction of sp³-hybridized carbons (Fsp3) is 0.615. The van der Waals surface area contributed by atoms with Gasteiger partial charge < -0.3 is 45.5 Å². The zero-order chi connectivity index (χ0) is 43.7. The van der Waals surface area contributed by atoms with E-state index < -0.39 is 59.9 Å². The van der Waals surface area contributed by atoms with Crippen LogP contribution in [-0.4, -0.2) is 166 Å². The molecule has 1 unspecified atom stereocenters. The number of aryl methyl sites for hydroxylation is 1. The van der Waals surface area contributed by atoms with Crippen LogP contribution in [0.25, 0.3) is 0 Å². The first-order chi connectivity index (χ1) is 28.9. The van der Waals surface area contributed by atoms with Gasteiger partial charge >= 0.3 is 0 Å². The summed E-state index contributed by atoms with van der Waals surface area (Å²) in [4.78, 5) is 113. The second-order valence-corrected chi connectivity index (χ2v) is 14.9. The van der Waals surface area contributed by atoms with Gasteiger partial charge in [-0.15, -0.1) is 11.8 Å². The number of rotatable bonds is 30. The molecule has 1 aromatic carbocycles. The van der Waals surface area contributed by atoms with E-state index >= 15 is 0 Å². The van der Waals surface area contributed by atoms with Crippen LogP contribution in [0.5, 0.6) is 0 Å². The van der Waals surface area contributed by atoms with Crippen molar-refractivity contribution in [3.05, 3.63) is 29.8 Å². The lowest BCUT2D eigenvalue weighted by Gasteiger charge is -2.28. The number of nitrogens with one attached hydrogen (secondary N) is 5. The van der Waals surface area contributed by atoms with Crippen molar-refractivity contribution in [3.8, 4) is 0 Å². The number of imide groups is 2. The second-order valence-electron chi connectivity index (χ2n) is 13.6. The highest BCUT2D eigenvalue weighted by atomic mass is 32.2. The number of likely N-dealkylation sites (tertiary alicyclic amines) is 2. The molecular weight excluding hydrogens is 807 g/mol. The molecule has 5 N–H and O–H groups in total. The van der Waals surface area contributed by atoms with Crippen molar-refractivity contribution in [2.24, 2.45) is 0 Å². The lowest BCUT2D eigenvalue weighted by atomic mass is 10.1. The Morgan fingerprint density at radius 2 is 1.47 bits per heavy atom. The zero-order valence-corrected chi connectivity index (χ0v) is 35.0. The van der Waals surface area contributed by atoms with Crippen molar-refractivity contribution in [3.63, 3.8) is 0 Å². The van der Waals surface area contributed by atoms with Gasteiger partial charge in [-0.05, 0) is 30.5 Å².